The van der Waals surface area contributed by atoms with Crippen LogP contribution in [0.4, 0.5) is 26.3 Å². The van der Waals surface area contributed by atoms with Gasteiger partial charge in [0.1, 0.15) is 0 Å². The fourth-order valence-electron chi connectivity index (χ4n) is 4.97. The third kappa shape index (κ3) is 6.01. The van der Waals surface area contributed by atoms with E-state index in [2.05, 4.69) is 14.5 Å². The maximum Gasteiger partial charge on any atom is 0.416 e. The van der Waals surface area contributed by atoms with Gasteiger partial charge in [-0.2, -0.15) is 31.4 Å². The number of fused-ring (bicyclic) bond motifs is 1. The molecule has 1 aromatic heterocycles. The molecule has 36 heavy (non-hydrogen) atoms. The second-order valence-electron chi connectivity index (χ2n) is 9.27. The molecular formula is C24H28F6N4OS. The molecule has 0 radical (unpaired) electrons. The fourth-order valence-corrected chi connectivity index (χ4v) is 5.54. The monoisotopic (exact) mass is 534 g/mol. The number of hydrogen-bond acceptors (Lipinski definition) is 4. The standard InChI is InChI=1S/C24H28F6N4OS/c1-36-34-10-3-5-20-19(14-34)21(32-31-20)22(35)33-9-2-4-15(8-11-33)16-12-17(23(25,26)27)6-7-18(13-16)24(28,29)30/h6,12-13,15H,2-5,7-11,14H2,1H3,(H,31,32). The van der Waals surface area contributed by atoms with Crippen LogP contribution in [0.1, 0.15) is 53.8 Å². The van der Waals surface area contributed by atoms with Gasteiger partial charge in [-0.05, 0) is 62.3 Å². The number of rotatable bonds is 3. The van der Waals surface area contributed by atoms with E-state index in [4.69, 9.17) is 0 Å². The number of amides is 1. The van der Waals surface area contributed by atoms with Crippen molar-refractivity contribution in [3.05, 3.63) is 51.9 Å². The van der Waals surface area contributed by atoms with E-state index >= 15 is 0 Å². The molecule has 0 spiro atoms. The van der Waals surface area contributed by atoms with Gasteiger partial charge in [0, 0.05) is 43.0 Å². The largest absolute Gasteiger partial charge is 0.416 e. The van der Waals surface area contributed by atoms with E-state index in [1.165, 1.54) is 0 Å². The van der Waals surface area contributed by atoms with Crippen LogP contribution in [0.25, 0.3) is 0 Å². The molecule has 5 nitrogen and oxygen atoms in total. The van der Waals surface area contributed by atoms with Gasteiger partial charge in [0.2, 0.25) is 0 Å². The molecular weight excluding hydrogens is 506 g/mol. The SMILES string of the molecule is CSN1CCCc2[nH]nc(C(=O)N3CCCC(C4=CC(C(F)(F)F)=CCC(C(F)(F)F)=C4)CC3)c2C1. The Morgan fingerprint density at radius 2 is 1.83 bits per heavy atom. The van der Waals surface area contributed by atoms with Crippen LogP contribution in [-0.2, 0) is 13.0 Å². The van der Waals surface area contributed by atoms with Gasteiger partial charge in [0.15, 0.2) is 5.69 Å². The van der Waals surface area contributed by atoms with E-state index in [0.717, 1.165) is 42.8 Å². The van der Waals surface area contributed by atoms with Crippen molar-refractivity contribution in [2.45, 2.75) is 57.4 Å². The van der Waals surface area contributed by atoms with E-state index in [-0.39, 0.29) is 24.4 Å². The van der Waals surface area contributed by atoms with Gasteiger partial charge >= 0.3 is 12.4 Å². The van der Waals surface area contributed by atoms with Gasteiger partial charge < -0.3 is 4.90 Å². The molecule has 198 valence electrons. The second kappa shape index (κ2) is 10.6. The van der Waals surface area contributed by atoms with Crippen LogP contribution in [0.3, 0.4) is 0 Å². The fraction of sp³-hybridized carbons (Fsp3) is 0.583. The van der Waals surface area contributed by atoms with Crippen LogP contribution in [-0.4, -0.2) is 63.6 Å². The molecule has 1 atom stereocenters. The first kappa shape index (κ1) is 26.8. The molecule has 1 aromatic rings. The minimum Gasteiger partial charge on any atom is -0.337 e. The lowest BCUT2D eigenvalue weighted by atomic mass is 9.89. The summed E-state index contributed by atoms with van der Waals surface area (Å²) in [6, 6.07) is 0. The van der Waals surface area contributed by atoms with Gasteiger partial charge in [-0.15, -0.1) is 0 Å². The number of H-pyrrole nitrogens is 1. The Kier molecular flexibility index (Phi) is 7.94. The minimum atomic E-state index is -4.74. The summed E-state index contributed by atoms with van der Waals surface area (Å²) in [5, 5.41) is 7.26. The number of hydrogen-bond donors (Lipinski definition) is 1. The van der Waals surface area contributed by atoms with Gasteiger partial charge in [-0.3, -0.25) is 9.89 Å². The van der Waals surface area contributed by atoms with Crippen LogP contribution in [0.2, 0.25) is 0 Å². The zero-order valence-electron chi connectivity index (χ0n) is 19.8. The lowest BCUT2D eigenvalue weighted by Crippen LogP contribution is -2.33. The smallest absolute Gasteiger partial charge is 0.337 e. The number of aromatic amines is 1. The maximum atomic E-state index is 13.4. The third-order valence-electron chi connectivity index (χ3n) is 6.97. The van der Waals surface area contributed by atoms with Crippen molar-refractivity contribution in [2.24, 2.45) is 5.92 Å². The highest BCUT2D eigenvalue weighted by Crippen LogP contribution is 2.39. The van der Waals surface area contributed by atoms with Gasteiger partial charge in [0.05, 0.1) is 5.57 Å². The highest BCUT2D eigenvalue weighted by molar-refractivity contribution is 7.96. The first-order valence-corrected chi connectivity index (χ1v) is 13.1. The number of likely N-dealkylation sites (tertiary alicyclic amines) is 1. The molecule has 1 N–H and O–H groups in total. The Morgan fingerprint density at radius 3 is 2.53 bits per heavy atom. The Labute approximate surface area is 209 Å². The zero-order valence-corrected chi connectivity index (χ0v) is 20.6. The summed E-state index contributed by atoms with van der Waals surface area (Å²) in [5.41, 5.74) is 0.0892. The molecule has 1 amide bonds. The lowest BCUT2D eigenvalue weighted by Gasteiger charge is -2.22. The quantitative estimate of drug-likeness (QED) is 0.383. The summed E-state index contributed by atoms with van der Waals surface area (Å²) in [4.78, 5) is 15.0. The summed E-state index contributed by atoms with van der Waals surface area (Å²) in [7, 11) is 0. The molecule has 12 heteroatoms. The second-order valence-corrected chi connectivity index (χ2v) is 10.2. The number of carbonyl (C=O) groups is 1. The Balaban J connectivity index is 1.54. The Morgan fingerprint density at radius 1 is 1.06 bits per heavy atom. The van der Waals surface area contributed by atoms with Crippen LogP contribution < -0.4 is 0 Å². The van der Waals surface area contributed by atoms with Crippen molar-refractivity contribution >= 4 is 17.9 Å². The van der Waals surface area contributed by atoms with E-state index in [1.54, 1.807) is 16.8 Å². The first-order valence-electron chi connectivity index (χ1n) is 11.9. The summed E-state index contributed by atoms with van der Waals surface area (Å²) < 4.78 is 82.7. The molecule has 4 rings (SSSR count). The number of nitrogens with one attached hydrogen (secondary N) is 1. The molecule has 1 aliphatic carbocycles. The van der Waals surface area contributed by atoms with Crippen LogP contribution in [0, 0.1) is 5.92 Å². The van der Waals surface area contributed by atoms with Gasteiger partial charge in [-0.1, -0.05) is 24.1 Å². The molecule has 0 saturated carbocycles. The van der Waals surface area contributed by atoms with Crippen LogP contribution in [0.15, 0.2) is 34.9 Å². The number of alkyl halides is 6. The molecule has 1 saturated heterocycles. The number of aromatic nitrogens is 2. The minimum absolute atomic E-state index is 0.0157. The van der Waals surface area contributed by atoms with Crippen LogP contribution in [0.5, 0.6) is 0 Å². The number of nitrogens with zero attached hydrogens (tertiary/aromatic N) is 3. The van der Waals surface area contributed by atoms with Crippen molar-refractivity contribution in [1.82, 2.24) is 19.4 Å². The molecule has 3 aliphatic rings. The average Bonchev–Trinajstić information content (AvgIpc) is 3.05. The summed E-state index contributed by atoms with van der Waals surface area (Å²) in [5.74, 6) is -0.777. The number of halogens is 6. The van der Waals surface area contributed by atoms with Crippen molar-refractivity contribution in [3.8, 4) is 0 Å². The predicted molar refractivity (Wildman–Crippen MR) is 125 cm³/mol. The van der Waals surface area contributed by atoms with Gasteiger partial charge in [-0.25, -0.2) is 4.31 Å². The highest BCUT2D eigenvalue weighted by Gasteiger charge is 2.38. The summed E-state index contributed by atoms with van der Waals surface area (Å²) >= 11 is 1.60. The third-order valence-corrected chi connectivity index (χ3v) is 7.79. The lowest BCUT2D eigenvalue weighted by molar-refractivity contribution is -0.0945. The molecule has 0 bridgehead atoms. The maximum absolute atomic E-state index is 13.4. The van der Waals surface area contributed by atoms with Crippen molar-refractivity contribution in [2.75, 3.05) is 25.9 Å². The van der Waals surface area contributed by atoms with Crippen molar-refractivity contribution < 1.29 is 31.1 Å². The molecule has 1 fully saturated rings. The van der Waals surface area contributed by atoms with Crippen LogP contribution >= 0.6 is 11.9 Å². The molecule has 0 aromatic carbocycles. The number of allylic oxidation sites excluding steroid dienone is 6. The summed E-state index contributed by atoms with van der Waals surface area (Å²) in [6.45, 7) is 2.07. The highest BCUT2D eigenvalue weighted by atomic mass is 32.2. The topological polar surface area (TPSA) is 52.2 Å². The average molecular weight is 535 g/mol. The predicted octanol–water partition coefficient (Wildman–Crippen LogP) is 5.99. The normalized spacial score (nSPS) is 22.6. The zero-order chi connectivity index (χ0) is 26.1. The Bertz CT molecular complexity index is 1070. The van der Waals surface area contributed by atoms with E-state index in [9.17, 15) is 31.1 Å². The first-order chi connectivity index (χ1) is 17.0. The number of carbonyl (C=O) groups excluding carboxylic acids is 1. The van der Waals surface area contributed by atoms with Gasteiger partial charge in [0.25, 0.3) is 5.91 Å². The molecule has 1 unspecified atom stereocenters. The summed E-state index contributed by atoms with van der Waals surface area (Å²) in [6.07, 6.45) is -3.16. The molecule has 2 aliphatic heterocycles. The van der Waals surface area contributed by atoms with E-state index < -0.39 is 35.8 Å². The number of aryl methyl sites for hydroxylation is 1. The van der Waals surface area contributed by atoms with E-state index in [0.29, 0.717) is 37.7 Å². The Hall–Kier alpha value is -2.21. The molecule has 3 heterocycles. The van der Waals surface area contributed by atoms with E-state index in [1.807, 2.05) is 6.26 Å². The van der Waals surface area contributed by atoms with Crippen molar-refractivity contribution in [3.63, 3.8) is 0 Å². The van der Waals surface area contributed by atoms with Crippen molar-refractivity contribution in [1.29, 1.82) is 0 Å².